The van der Waals surface area contributed by atoms with E-state index in [0.29, 0.717) is 25.9 Å². The molecule has 1 amide bonds. The highest BCUT2D eigenvalue weighted by atomic mass is 32.1. The van der Waals surface area contributed by atoms with Crippen LogP contribution in [0.5, 0.6) is 0 Å². The Morgan fingerprint density at radius 1 is 1.05 bits per heavy atom. The summed E-state index contributed by atoms with van der Waals surface area (Å²) in [6, 6.07) is 2.10. The number of amides is 1. The molecular weight excluding hydrogens is 258 g/mol. The molecule has 0 aromatic carbocycles. The van der Waals surface area contributed by atoms with Crippen LogP contribution in [0.3, 0.4) is 0 Å². The minimum Gasteiger partial charge on any atom is -0.337 e. The minimum atomic E-state index is 0.130. The van der Waals surface area contributed by atoms with Crippen molar-refractivity contribution in [3.8, 4) is 0 Å². The number of carbonyl (C=O) groups is 2. The zero-order valence-electron chi connectivity index (χ0n) is 11.1. The van der Waals surface area contributed by atoms with E-state index in [4.69, 9.17) is 0 Å². The number of likely N-dealkylation sites (tertiary alicyclic amines) is 1. The average Bonchev–Trinajstić information content (AvgIpc) is 2.70. The van der Waals surface area contributed by atoms with Gasteiger partial charge in [0.25, 0.3) is 5.91 Å². The van der Waals surface area contributed by atoms with Crippen LogP contribution in [0.25, 0.3) is 0 Å². The second-order valence-corrected chi connectivity index (χ2v) is 6.59. The maximum absolute atomic E-state index is 12.4. The molecule has 0 spiro atoms. The first-order chi connectivity index (χ1) is 9.24. The first-order valence-corrected chi connectivity index (χ1v) is 7.98. The summed E-state index contributed by atoms with van der Waals surface area (Å²) >= 11 is 1.68. The molecule has 102 valence electrons. The summed E-state index contributed by atoms with van der Waals surface area (Å²) in [6.07, 6.45) is 7.10. The van der Waals surface area contributed by atoms with Crippen molar-refractivity contribution >= 4 is 23.0 Å². The zero-order chi connectivity index (χ0) is 13.2. The number of hydrogen-bond acceptors (Lipinski definition) is 3. The molecule has 0 bridgehead atoms. The Morgan fingerprint density at radius 3 is 2.58 bits per heavy atom. The van der Waals surface area contributed by atoms with Crippen LogP contribution in [0.15, 0.2) is 6.07 Å². The summed E-state index contributed by atoms with van der Waals surface area (Å²) in [4.78, 5) is 27.8. The van der Waals surface area contributed by atoms with Gasteiger partial charge in [-0.15, -0.1) is 11.3 Å². The highest BCUT2D eigenvalue weighted by molar-refractivity contribution is 7.14. The standard InChI is InChI=1S/C15H19NO2S/c17-12-6-8-16(9-7-12)15(18)14-10-11-4-2-1-3-5-13(11)19-14/h10H,1-9H2. The van der Waals surface area contributed by atoms with E-state index in [9.17, 15) is 9.59 Å². The van der Waals surface area contributed by atoms with E-state index in [0.717, 1.165) is 17.7 Å². The first-order valence-electron chi connectivity index (χ1n) is 7.16. The van der Waals surface area contributed by atoms with Crippen molar-refractivity contribution in [3.63, 3.8) is 0 Å². The Labute approximate surface area is 117 Å². The maximum Gasteiger partial charge on any atom is 0.263 e. The fourth-order valence-electron chi connectivity index (χ4n) is 2.89. The van der Waals surface area contributed by atoms with Crippen LogP contribution < -0.4 is 0 Å². The Bertz CT molecular complexity index is 473. The molecule has 4 heteroatoms. The molecule has 0 unspecified atom stereocenters. The van der Waals surface area contributed by atoms with E-state index in [1.165, 1.54) is 29.7 Å². The lowest BCUT2D eigenvalue weighted by atomic mass is 10.1. The van der Waals surface area contributed by atoms with Crippen LogP contribution in [-0.4, -0.2) is 29.7 Å². The molecule has 3 nitrogen and oxygen atoms in total. The fraction of sp³-hybridized carbons (Fsp3) is 0.600. The first kappa shape index (κ1) is 12.9. The van der Waals surface area contributed by atoms with E-state index >= 15 is 0 Å². The van der Waals surface area contributed by atoms with Crippen LogP contribution in [0.4, 0.5) is 0 Å². The van der Waals surface area contributed by atoms with Gasteiger partial charge in [0.2, 0.25) is 0 Å². The molecule has 0 atom stereocenters. The fourth-order valence-corrected chi connectivity index (χ4v) is 4.11. The van der Waals surface area contributed by atoms with Crippen molar-refractivity contribution < 1.29 is 9.59 Å². The molecule has 19 heavy (non-hydrogen) atoms. The van der Waals surface area contributed by atoms with Crippen molar-refractivity contribution in [2.75, 3.05) is 13.1 Å². The molecular formula is C15H19NO2S. The highest BCUT2D eigenvalue weighted by Crippen LogP contribution is 2.30. The van der Waals surface area contributed by atoms with Gasteiger partial charge in [-0.1, -0.05) is 6.42 Å². The van der Waals surface area contributed by atoms with Crippen molar-refractivity contribution in [3.05, 3.63) is 21.4 Å². The number of aryl methyl sites for hydroxylation is 2. The summed E-state index contributed by atoms with van der Waals surface area (Å²) in [5.41, 5.74) is 1.39. The molecule has 0 N–H and O–H groups in total. The number of rotatable bonds is 1. The third kappa shape index (κ3) is 2.73. The summed E-state index contributed by atoms with van der Waals surface area (Å²) in [7, 11) is 0. The Hall–Kier alpha value is -1.16. The SMILES string of the molecule is O=C1CCN(C(=O)c2cc3c(s2)CCCCC3)CC1. The number of nitrogens with zero attached hydrogens (tertiary/aromatic N) is 1. The van der Waals surface area contributed by atoms with Gasteiger partial charge in [-0.05, 0) is 37.3 Å². The van der Waals surface area contributed by atoms with Gasteiger partial charge in [0.1, 0.15) is 5.78 Å². The summed E-state index contributed by atoms with van der Waals surface area (Å²) in [5, 5.41) is 0. The van der Waals surface area contributed by atoms with E-state index in [1.807, 2.05) is 4.90 Å². The lowest BCUT2D eigenvalue weighted by molar-refractivity contribution is -0.120. The molecule has 1 aromatic rings. The molecule has 1 saturated heterocycles. The molecule has 1 aliphatic heterocycles. The van der Waals surface area contributed by atoms with E-state index in [2.05, 4.69) is 6.07 Å². The van der Waals surface area contributed by atoms with Gasteiger partial charge in [0.15, 0.2) is 0 Å². The van der Waals surface area contributed by atoms with Crippen LogP contribution in [-0.2, 0) is 17.6 Å². The molecule has 3 rings (SSSR count). The quantitative estimate of drug-likeness (QED) is 0.740. The Morgan fingerprint density at radius 2 is 1.79 bits per heavy atom. The van der Waals surface area contributed by atoms with Gasteiger partial charge < -0.3 is 4.90 Å². The van der Waals surface area contributed by atoms with Crippen molar-refractivity contribution in [2.24, 2.45) is 0 Å². The van der Waals surface area contributed by atoms with Gasteiger partial charge in [-0.2, -0.15) is 0 Å². The Kier molecular flexibility index (Phi) is 3.69. The summed E-state index contributed by atoms with van der Waals surface area (Å²) < 4.78 is 0. The van der Waals surface area contributed by atoms with Gasteiger partial charge in [-0.25, -0.2) is 0 Å². The lowest BCUT2D eigenvalue weighted by Crippen LogP contribution is -2.38. The Balaban J connectivity index is 1.75. The lowest BCUT2D eigenvalue weighted by Gasteiger charge is -2.25. The number of thiophene rings is 1. The smallest absolute Gasteiger partial charge is 0.263 e. The van der Waals surface area contributed by atoms with Crippen LogP contribution in [0, 0.1) is 0 Å². The molecule has 1 aromatic heterocycles. The second-order valence-electron chi connectivity index (χ2n) is 5.45. The van der Waals surface area contributed by atoms with Crippen molar-refractivity contribution in [2.45, 2.75) is 44.9 Å². The van der Waals surface area contributed by atoms with Crippen LogP contribution in [0.1, 0.15) is 52.2 Å². The minimum absolute atomic E-state index is 0.130. The summed E-state index contributed by atoms with van der Waals surface area (Å²) in [6.45, 7) is 1.19. The van der Waals surface area contributed by atoms with E-state index < -0.39 is 0 Å². The number of carbonyl (C=O) groups excluding carboxylic acids is 2. The molecule has 2 heterocycles. The van der Waals surface area contributed by atoms with Gasteiger partial charge in [0, 0.05) is 30.8 Å². The second kappa shape index (κ2) is 5.45. The predicted molar refractivity (Wildman–Crippen MR) is 75.7 cm³/mol. The van der Waals surface area contributed by atoms with Crippen molar-refractivity contribution in [1.29, 1.82) is 0 Å². The summed E-state index contributed by atoms with van der Waals surface area (Å²) in [5.74, 6) is 0.414. The molecule has 1 aliphatic carbocycles. The molecule has 0 saturated carbocycles. The number of fused-ring (bicyclic) bond motifs is 1. The van der Waals surface area contributed by atoms with Crippen LogP contribution in [0.2, 0.25) is 0 Å². The average molecular weight is 277 g/mol. The largest absolute Gasteiger partial charge is 0.337 e. The number of Topliss-reactive ketones (excluding diaryl/α,β-unsaturated/α-hetero) is 1. The van der Waals surface area contributed by atoms with Crippen molar-refractivity contribution in [1.82, 2.24) is 4.90 Å². The third-order valence-corrected chi connectivity index (χ3v) is 5.29. The topological polar surface area (TPSA) is 37.4 Å². The van der Waals surface area contributed by atoms with E-state index in [-0.39, 0.29) is 11.7 Å². The molecule has 2 aliphatic rings. The molecule has 0 radical (unpaired) electrons. The monoisotopic (exact) mass is 277 g/mol. The van der Waals surface area contributed by atoms with Gasteiger partial charge in [-0.3, -0.25) is 9.59 Å². The molecule has 1 fully saturated rings. The maximum atomic E-state index is 12.4. The zero-order valence-corrected chi connectivity index (χ0v) is 11.9. The predicted octanol–water partition coefficient (Wildman–Crippen LogP) is 2.82. The van der Waals surface area contributed by atoms with Crippen LogP contribution >= 0.6 is 11.3 Å². The van der Waals surface area contributed by atoms with E-state index in [1.54, 1.807) is 11.3 Å². The number of piperidine rings is 1. The number of ketones is 1. The number of hydrogen-bond donors (Lipinski definition) is 0. The third-order valence-electron chi connectivity index (χ3n) is 4.07. The van der Waals surface area contributed by atoms with Gasteiger partial charge in [0.05, 0.1) is 4.88 Å². The highest BCUT2D eigenvalue weighted by Gasteiger charge is 2.24. The normalized spacial score (nSPS) is 20.0. The van der Waals surface area contributed by atoms with Gasteiger partial charge >= 0.3 is 0 Å².